The number of esters is 1. The molecule has 0 radical (unpaired) electrons. The van der Waals surface area contributed by atoms with E-state index in [0.717, 1.165) is 0 Å². The summed E-state index contributed by atoms with van der Waals surface area (Å²) < 4.78 is 6.03. The van der Waals surface area contributed by atoms with Crippen LogP contribution in [-0.2, 0) is 9.53 Å². The number of carbonyl (C=O) groups excluding carboxylic acids is 2. The lowest BCUT2D eigenvalue weighted by atomic mass is 10.0. The van der Waals surface area contributed by atoms with Gasteiger partial charge in [-0.2, -0.15) is 0 Å². The smallest absolute Gasteiger partial charge is 0.337 e. The zero-order valence-electron chi connectivity index (χ0n) is 15.9. The second kappa shape index (κ2) is 8.04. The van der Waals surface area contributed by atoms with Crippen LogP contribution in [0.4, 0.5) is 5.69 Å². The van der Waals surface area contributed by atoms with Gasteiger partial charge in [0.1, 0.15) is 6.04 Å². The highest BCUT2D eigenvalue weighted by Gasteiger charge is 2.26. The normalized spacial score (nSPS) is 12.0. The number of carbonyl (C=O) groups is 2. The van der Waals surface area contributed by atoms with Gasteiger partial charge in [-0.15, -0.1) is 0 Å². The van der Waals surface area contributed by atoms with E-state index in [1.165, 1.54) is 18.0 Å². The number of amides is 1. The number of rotatable bonds is 5. The van der Waals surface area contributed by atoms with Gasteiger partial charge in [0, 0.05) is 5.69 Å². The van der Waals surface area contributed by atoms with E-state index < -0.39 is 12.0 Å². The molecule has 0 aliphatic carbocycles. The zero-order chi connectivity index (χ0) is 20.3. The first-order valence-corrected chi connectivity index (χ1v) is 8.87. The molecule has 0 bridgehead atoms. The summed E-state index contributed by atoms with van der Waals surface area (Å²) in [6.07, 6.45) is 1.41. The van der Waals surface area contributed by atoms with Crippen molar-refractivity contribution in [3.8, 4) is 0 Å². The Morgan fingerprint density at radius 1 is 1.07 bits per heavy atom. The van der Waals surface area contributed by atoms with E-state index >= 15 is 0 Å². The third kappa shape index (κ3) is 3.78. The van der Waals surface area contributed by atoms with E-state index in [2.05, 4.69) is 15.0 Å². The Morgan fingerprint density at radius 3 is 2.39 bits per heavy atom. The van der Waals surface area contributed by atoms with Crippen LogP contribution in [0.3, 0.4) is 0 Å². The fraction of sp³-hybridized carbons (Fsp3) is 0.238. The summed E-state index contributed by atoms with van der Waals surface area (Å²) in [5.74, 6) is -0.929. The second-order valence-corrected chi connectivity index (χ2v) is 6.72. The molecule has 1 heterocycles. The summed E-state index contributed by atoms with van der Waals surface area (Å²) in [5.41, 5.74) is 1.23. The van der Waals surface area contributed by atoms with Gasteiger partial charge in [0.2, 0.25) is 5.91 Å². The Balaban J connectivity index is 1.90. The third-order valence-electron chi connectivity index (χ3n) is 4.46. The van der Waals surface area contributed by atoms with E-state index in [-0.39, 0.29) is 17.4 Å². The summed E-state index contributed by atoms with van der Waals surface area (Å²) >= 11 is 0. The quantitative estimate of drug-likeness (QED) is 0.688. The van der Waals surface area contributed by atoms with Crippen molar-refractivity contribution in [3.63, 3.8) is 0 Å². The van der Waals surface area contributed by atoms with E-state index in [4.69, 9.17) is 0 Å². The molecule has 0 fully saturated rings. The molecule has 1 aromatic heterocycles. The van der Waals surface area contributed by atoms with Crippen molar-refractivity contribution >= 4 is 28.5 Å². The summed E-state index contributed by atoms with van der Waals surface area (Å²) in [5, 5.41) is 3.27. The Bertz CT molecular complexity index is 1070. The van der Waals surface area contributed by atoms with E-state index in [0.29, 0.717) is 22.2 Å². The van der Waals surface area contributed by atoms with Crippen LogP contribution in [0.15, 0.2) is 59.7 Å². The number of nitrogens with one attached hydrogen (secondary N) is 1. The van der Waals surface area contributed by atoms with E-state index in [9.17, 15) is 14.4 Å². The molecular weight excluding hydrogens is 358 g/mol. The van der Waals surface area contributed by atoms with Gasteiger partial charge >= 0.3 is 5.97 Å². The topological polar surface area (TPSA) is 90.3 Å². The first kappa shape index (κ1) is 19.3. The molecule has 144 valence electrons. The summed E-state index contributed by atoms with van der Waals surface area (Å²) in [4.78, 5) is 41.6. The van der Waals surface area contributed by atoms with Crippen molar-refractivity contribution in [2.24, 2.45) is 5.92 Å². The lowest BCUT2D eigenvalue weighted by Gasteiger charge is -2.22. The first-order chi connectivity index (χ1) is 13.4. The number of hydrogen-bond acceptors (Lipinski definition) is 5. The number of fused-ring (bicyclic) bond motifs is 1. The van der Waals surface area contributed by atoms with Crippen LogP contribution < -0.4 is 10.9 Å². The van der Waals surface area contributed by atoms with Crippen LogP contribution in [-0.4, -0.2) is 28.5 Å². The third-order valence-corrected chi connectivity index (χ3v) is 4.46. The van der Waals surface area contributed by atoms with Crippen LogP contribution in [0, 0.1) is 5.92 Å². The van der Waals surface area contributed by atoms with Gasteiger partial charge in [-0.05, 0) is 42.3 Å². The molecule has 0 aliphatic heterocycles. The Morgan fingerprint density at radius 2 is 1.75 bits per heavy atom. The van der Waals surface area contributed by atoms with Crippen LogP contribution in [0.2, 0.25) is 0 Å². The minimum atomic E-state index is -0.732. The number of methoxy groups -OCH3 is 1. The molecule has 3 rings (SSSR count). The fourth-order valence-electron chi connectivity index (χ4n) is 3.06. The minimum Gasteiger partial charge on any atom is -0.465 e. The average Bonchev–Trinajstić information content (AvgIpc) is 2.70. The molecule has 0 spiro atoms. The number of benzene rings is 2. The lowest BCUT2D eigenvalue weighted by Crippen LogP contribution is -2.36. The second-order valence-electron chi connectivity index (χ2n) is 6.72. The molecular formula is C21H21N3O4. The van der Waals surface area contributed by atoms with Crippen molar-refractivity contribution in [3.05, 3.63) is 70.8 Å². The Labute approximate surface area is 162 Å². The van der Waals surface area contributed by atoms with Gasteiger partial charge in [0.05, 0.1) is 29.9 Å². The van der Waals surface area contributed by atoms with E-state index in [1.807, 2.05) is 19.9 Å². The maximum absolute atomic E-state index is 12.9. The summed E-state index contributed by atoms with van der Waals surface area (Å²) in [6, 6.07) is 12.7. The molecule has 0 saturated carbocycles. The molecule has 3 aromatic rings. The highest BCUT2D eigenvalue weighted by atomic mass is 16.5. The summed E-state index contributed by atoms with van der Waals surface area (Å²) in [6.45, 7) is 3.73. The van der Waals surface area contributed by atoms with Crippen LogP contribution in [0.1, 0.15) is 30.2 Å². The molecule has 7 heteroatoms. The zero-order valence-corrected chi connectivity index (χ0v) is 15.9. The van der Waals surface area contributed by atoms with Crippen LogP contribution in [0.5, 0.6) is 0 Å². The molecule has 1 atom stereocenters. The maximum Gasteiger partial charge on any atom is 0.337 e. The molecule has 1 unspecified atom stereocenters. The predicted octanol–water partition coefficient (Wildman–Crippen LogP) is 3.02. The van der Waals surface area contributed by atoms with Gasteiger partial charge in [0.25, 0.3) is 5.56 Å². The number of aromatic nitrogens is 2. The van der Waals surface area contributed by atoms with Gasteiger partial charge in [-0.25, -0.2) is 9.78 Å². The molecule has 28 heavy (non-hydrogen) atoms. The molecule has 7 nitrogen and oxygen atoms in total. The SMILES string of the molecule is COC(=O)c1ccc(NC(=O)C(C(C)C)n2cnc3ccccc3c2=O)cc1. The lowest BCUT2D eigenvalue weighted by molar-refractivity contribution is -0.120. The van der Waals surface area contributed by atoms with Crippen molar-refractivity contribution in [2.45, 2.75) is 19.9 Å². The largest absolute Gasteiger partial charge is 0.465 e. The summed E-state index contributed by atoms with van der Waals surface area (Å²) in [7, 11) is 1.31. The average molecular weight is 379 g/mol. The Hall–Kier alpha value is -3.48. The van der Waals surface area contributed by atoms with Gasteiger partial charge in [-0.3, -0.25) is 14.2 Å². The van der Waals surface area contributed by atoms with Crippen LogP contribution in [0.25, 0.3) is 10.9 Å². The van der Waals surface area contributed by atoms with Gasteiger partial charge < -0.3 is 10.1 Å². The number of ether oxygens (including phenoxy) is 1. The van der Waals surface area contributed by atoms with Crippen molar-refractivity contribution in [1.29, 1.82) is 0 Å². The molecule has 0 saturated heterocycles. The Kier molecular flexibility index (Phi) is 5.54. The molecule has 1 amide bonds. The highest BCUT2D eigenvalue weighted by Crippen LogP contribution is 2.20. The number of anilines is 1. The number of nitrogens with zero attached hydrogens (tertiary/aromatic N) is 2. The number of para-hydroxylation sites is 1. The van der Waals surface area contributed by atoms with Gasteiger partial charge in [-0.1, -0.05) is 26.0 Å². The van der Waals surface area contributed by atoms with Crippen LogP contribution >= 0.6 is 0 Å². The van der Waals surface area contributed by atoms with Crippen molar-refractivity contribution in [2.75, 3.05) is 12.4 Å². The van der Waals surface area contributed by atoms with Crippen molar-refractivity contribution in [1.82, 2.24) is 9.55 Å². The molecule has 2 aromatic carbocycles. The van der Waals surface area contributed by atoms with E-state index in [1.54, 1.807) is 42.5 Å². The highest BCUT2D eigenvalue weighted by molar-refractivity contribution is 5.95. The van der Waals surface area contributed by atoms with Crippen molar-refractivity contribution < 1.29 is 14.3 Å². The van der Waals surface area contributed by atoms with Gasteiger partial charge in [0.15, 0.2) is 0 Å². The standard InChI is InChI=1S/C21H21N3O4/c1-13(2)18(24-12-22-17-7-5-4-6-16(17)20(24)26)19(25)23-15-10-8-14(9-11-15)21(27)28-3/h4-13,18H,1-3H3,(H,23,25). The molecule has 0 aliphatic rings. The fourth-order valence-corrected chi connectivity index (χ4v) is 3.06. The number of hydrogen-bond donors (Lipinski definition) is 1. The monoisotopic (exact) mass is 379 g/mol. The predicted molar refractivity (Wildman–Crippen MR) is 106 cm³/mol. The minimum absolute atomic E-state index is 0.144. The first-order valence-electron chi connectivity index (χ1n) is 8.87. The molecule has 1 N–H and O–H groups in total. The maximum atomic E-state index is 12.9.